The molecule has 5 heteroatoms. The number of benzene rings is 1. The summed E-state index contributed by atoms with van der Waals surface area (Å²) in [5.41, 5.74) is 1.82. The van der Waals surface area contributed by atoms with Crippen LogP contribution in [-0.4, -0.2) is 31.5 Å². The van der Waals surface area contributed by atoms with Crippen LogP contribution in [-0.2, 0) is 14.0 Å². The highest BCUT2D eigenvalue weighted by Crippen LogP contribution is 2.37. The molecule has 0 aliphatic carbocycles. The van der Waals surface area contributed by atoms with Crippen molar-refractivity contribution in [3.63, 3.8) is 0 Å². The second-order valence-electron chi connectivity index (χ2n) is 7.26. The summed E-state index contributed by atoms with van der Waals surface area (Å²) < 4.78 is 18.8. The number of hydrogen-bond donors (Lipinski definition) is 0. The molecule has 0 saturated carbocycles. The summed E-state index contributed by atoms with van der Waals surface area (Å²) in [6, 6.07) is 6.56. The van der Waals surface area contributed by atoms with Crippen molar-refractivity contribution in [1.82, 2.24) is 0 Å². The van der Waals surface area contributed by atoms with E-state index in [0.29, 0.717) is 5.92 Å². The number of ether oxygens (including phenoxy) is 1. The molecule has 2 aliphatic rings. The van der Waals surface area contributed by atoms with Gasteiger partial charge in [-0.05, 0) is 63.5 Å². The van der Waals surface area contributed by atoms with Crippen molar-refractivity contribution < 1.29 is 14.0 Å². The third-order valence-electron chi connectivity index (χ3n) is 5.22. The highest BCUT2D eigenvalue weighted by molar-refractivity contribution is 9.10. The number of halogens is 1. The summed E-state index contributed by atoms with van der Waals surface area (Å²) in [6.07, 6.45) is 2.20. The minimum Gasteiger partial charge on any atom is -0.399 e. The van der Waals surface area contributed by atoms with Crippen LogP contribution < -0.4 is 5.46 Å². The van der Waals surface area contributed by atoms with Crippen LogP contribution in [0.1, 0.15) is 52.0 Å². The first-order valence-corrected chi connectivity index (χ1v) is 8.82. The maximum Gasteiger partial charge on any atom is 0.495 e. The van der Waals surface area contributed by atoms with Crippen molar-refractivity contribution in [3.8, 4) is 0 Å². The highest BCUT2D eigenvalue weighted by atomic mass is 79.9. The van der Waals surface area contributed by atoms with E-state index in [1.54, 1.807) is 0 Å². The van der Waals surface area contributed by atoms with Crippen molar-refractivity contribution >= 4 is 28.5 Å². The molecular weight excluding hydrogens is 343 g/mol. The van der Waals surface area contributed by atoms with Crippen LogP contribution in [0.2, 0.25) is 0 Å². The van der Waals surface area contributed by atoms with E-state index in [4.69, 9.17) is 14.0 Å². The van der Waals surface area contributed by atoms with Gasteiger partial charge in [0.2, 0.25) is 0 Å². The molecule has 0 N–H and O–H groups in total. The van der Waals surface area contributed by atoms with E-state index in [0.717, 1.165) is 36.0 Å². The van der Waals surface area contributed by atoms with Crippen molar-refractivity contribution in [1.29, 1.82) is 0 Å². The Morgan fingerprint density at radius 1 is 1.05 bits per heavy atom. The Kier molecular flexibility index (Phi) is 4.45. The molecule has 0 unspecified atom stereocenters. The topological polar surface area (TPSA) is 27.7 Å². The molecule has 0 bridgehead atoms. The third-order valence-corrected chi connectivity index (χ3v) is 5.91. The summed E-state index contributed by atoms with van der Waals surface area (Å²) in [4.78, 5) is 0. The van der Waals surface area contributed by atoms with E-state index >= 15 is 0 Å². The van der Waals surface area contributed by atoms with Gasteiger partial charge in [0, 0.05) is 17.7 Å². The minimum atomic E-state index is -0.317. The second kappa shape index (κ2) is 5.93. The fourth-order valence-corrected chi connectivity index (χ4v) is 3.57. The first kappa shape index (κ1) is 16.5. The lowest BCUT2D eigenvalue weighted by Crippen LogP contribution is -2.41. The molecule has 2 saturated heterocycles. The van der Waals surface area contributed by atoms with Gasteiger partial charge in [-0.3, -0.25) is 0 Å². The highest BCUT2D eigenvalue weighted by Gasteiger charge is 2.52. The van der Waals surface area contributed by atoms with E-state index in [9.17, 15) is 0 Å². The van der Waals surface area contributed by atoms with Gasteiger partial charge in [-0.1, -0.05) is 28.1 Å². The molecule has 0 aromatic heterocycles. The predicted molar refractivity (Wildman–Crippen MR) is 92.7 cm³/mol. The zero-order chi connectivity index (χ0) is 16.0. The Morgan fingerprint density at radius 2 is 1.64 bits per heavy atom. The Bertz CT molecular complexity index is 537. The quantitative estimate of drug-likeness (QED) is 0.748. The summed E-state index contributed by atoms with van der Waals surface area (Å²) >= 11 is 3.71. The maximum atomic E-state index is 6.14. The van der Waals surface area contributed by atoms with Crippen LogP contribution in [0.25, 0.3) is 0 Å². The Labute approximate surface area is 142 Å². The van der Waals surface area contributed by atoms with Gasteiger partial charge < -0.3 is 14.0 Å². The van der Waals surface area contributed by atoms with Crippen molar-refractivity contribution in [2.24, 2.45) is 0 Å². The second-order valence-corrected chi connectivity index (χ2v) is 8.11. The minimum absolute atomic E-state index is 0.309. The summed E-state index contributed by atoms with van der Waals surface area (Å²) in [7, 11) is -0.317. The average molecular weight is 367 g/mol. The third kappa shape index (κ3) is 3.01. The smallest absolute Gasteiger partial charge is 0.399 e. The van der Waals surface area contributed by atoms with E-state index < -0.39 is 0 Å². The molecular formula is C17H24BBrO3. The summed E-state index contributed by atoms with van der Waals surface area (Å²) in [5, 5.41) is 0. The van der Waals surface area contributed by atoms with Gasteiger partial charge in [-0.15, -0.1) is 0 Å². The SMILES string of the molecule is CC1(C)OB(c2ccc(C3CCOCC3)cc2Br)OC1(C)C. The largest absolute Gasteiger partial charge is 0.495 e. The molecule has 2 fully saturated rings. The van der Waals surface area contributed by atoms with Gasteiger partial charge in [-0.25, -0.2) is 0 Å². The average Bonchev–Trinajstić information content (AvgIpc) is 2.68. The van der Waals surface area contributed by atoms with E-state index in [1.807, 2.05) is 0 Å². The molecule has 0 amide bonds. The van der Waals surface area contributed by atoms with Crippen molar-refractivity contribution in [2.75, 3.05) is 13.2 Å². The normalized spacial score (nSPS) is 24.7. The molecule has 2 aliphatic heterocycles. The predicted octanol–water partition coefficient (Wildman–Crippen LogP) is 3.64. The van der Waals surface area contributed by atoms with Crippen molar-refractivity contribution in [2.45, 2.75) is 57.7 Å². The van der Waals surface area contributed by atoms with Gasteiger partial charge in [0.25, 0.3) is 0 Å². The zero-order valence-corrected chi connectivity index (χ0v) is 15.4. The van der Waals surface area contributed by atoms with Gasteiger partial charge in [0.1, 0.15) is 0 Å². The standard InChI is InChI=1S/C17H24BBrO3/c1-16(2)17(3,4)22-18(21-16)14-6-5-13(11-15(14)19)12-7-9-20-10-8-12/h5-6,11-12H,7-10H2,1-4H3. The molecule has 2 heterocycles. The van der Waals surface area contributed by atoms with E-state index in [2.05, 4.69) is 61.8 Å². The summed E-state index contributed by atoms with van der Waals surface area (Å²) in [5.74, 6) is 0.595. The zero-order valence-electron chi connectivity index (χ0n) is 13.8. The molecule has 0 radical (unpaired) electrons. The summed E-state index contributed by atoms with van der Waals surface area (Å²) in [6.45, 7) is 10.0. The Hall–Kier alpha value is -0.355. The molecule has 120 valence electrons. The van der Waals surface area contributed by atoms with Gasteiger partial charge >= 0.3 is 7.12 Å². The Morgan fingerprint density at radius 3 is 2.18 bits per heavy atom. The monoisotopic (exact) mass is 366 g/mol. The number of rotatable bonds is 2. The van der Waals surface area contributed by atoms with Crippen LogP contribution in [0.5, 0.6) is 0 Å². The maximum absolute atomic E-state index is 6.14. The lowest BCUT2D eigenvalue weighted by atomic mass is 9.78. The van der Waals surface area contributed by atoms with Gasteiger partial charge in [-0.2, -0.15) is 0 Å². The lowest BCUT2D eigenvalue weighted by molar-refractivity contribution is 0.00578. The fourth-order valence-electron chi connectivity index (χ4n) is 2.99. The molecule has 22 heavy (non-hydrogen) atoms. The van der Waals surface area contributed by atoms with Crippen molar-refractivity contribution in [3.05, 3.63) is 28.2 Å². The lowest BCUT2D eigenvalue weighted by Gasteiger charge is -2.32. The molecule has 3 nitrogen and oxygen atoms in total. The van der Waals surface area contributed by atoms with Crippen LogP contribution in [0.15, 0.2) is 22.7 Å². The van der Waals surface area contributed by atoms with Crippen LogP contribution in [0, 0.1) is 0 Å². The van der Waals surface area contributed by atoms with E-state index in [1.165, 1.54) is 5.56 Å². The Balaban J connectivity index is 1.81. The van der Waals surface area contributed by atoms with Gasteiger partial charge in [0.15, 0.2) is 0 Å². The molecule has 3 rings (SSSR count). The first-order valence-electron chi connectivity index (χ1n) is 8.03. The molecule has 0 atom stereocenters. The van der Waals surface area contributed by atoms with Crippen LogP contribution in [0.4, 0.5) is 0 Å². The molecule has 0 spiro atoms. The van der Waals surface area contributed by atoms with Crippen LogP contribution in [0.3, 0.4) is 0 Å². The first-order chi connectivity index (χ1) is 10.3. The van der Waals surface area contributed by atoms with Gasteiger partial charge in [0.05, 0.1) is 11.2 Å². The molecule has 1 aromatic carbocycles. The van der Waals surface area contributed by atoms with E-state index in [-0.39, 0.29) is 18.3 Å². The van der Waals surface area contributed by atoms with Crippen LogP contribution >= 0.6 is 15.9 Å². The molecule has 1 aromatic rings. The fraction of sp³-hybridized carbons (Fsp3) is 0.647. The number of hydrogen-bond acceptors (Lipinski definition) is 3.